The van der Waals surface area contributed by atoms with E-state index in [1.165, 1.54) is 17.5 Å². The molecule has 8 heteroatoms. The normalized spacial score (nSPS) is 13.7. The van der Waals surface area contributed by atoms with Gasteiger partial charge in [0.15, 0.2) is 23.3 Å². The predicted molar refractivity (Wildman–Crippen MR) is 116 cm³/mol. The molecule has 2 aromatic carbocycles. The first kappa shape index (κ1) is 19.8. The van der Waals surface area contributed by atoms with Crippen molar-refractivity contribution in [3.63, 3.8) is 0 Å². The fraction of sp³-hybridized carbons (Fsp3) is 0.318. The number of nitrogens with zero attached hydrogens (tertiary/aromatic N) is 4. The molecule has 0 bridgehead atoms. The van der Waals surface area contributed by atoms with Crippen LogP contribution in [0.3, 0.4) is 0 Å². The summed E-state index contributed by atoms with van der Waals surface area (Å²) in [4.78, 5) is 11.0. The van der Waals surface area contributed by atoms with E-state index < -0.39 is 0 Å². The molecular weight excluding hydrogens is 380 g/mol. The first-order valence-corrected chi connectivity index (χ1v) is 9.86. The average Bonchev–Trinajstić information content (AvgIpc) is 3.33. The van der Waals surface area contributed by atoms with E-state index in [-0.39, 0.29) is 0 Å². The Morgan fingerprint density at radius 3 is 2.67 bits per heavy atom. The summed E-state index contributed by atoms with van der Waals surface area (Å²) in [6, 6.07) is 12.4. The second kappa shape index (κ2) is 8.86. The first-order valence-electron chi connectivity index (χ1n) is 9.86. The van der Waals surface area contributed by atoms with Crippen molar-refractivity contribution in [1.82, 2.24) is 25.4 Å². The summed E-state index contributed by atoms with van der Waals surface area (Å²) in [7, 11) is 5.15. The molecule has 1 aliphatic heterocycles. The van der Waals surface area contributed by atoms with Crippen LogP contribution in [-0.2, 0) is 19.5 Å². The summed E-state index contributed by atoms with van der Waals surface area (Å²) in [6.45, 7) is 2.33. The standard InChI is InChI=1S/C22H26N6O2/c1-23-22(24-12-15-5-4-6-17(9-15)21-25-14-26-27-21)28-8-7-16-10-19(29-2)20(30-3)11-18(16)13-28/h4-6,9-11,14H,7-8,12-13H2,1-3H3,(H,23,24)(H,25,26,27). The van der Waals surface area contributed by atoms with Crippen molar-refractivity contribution in [2.24, 2.45) is 4.99 Å². The zero-order valence-electron chi connectivity index (χ0n) is 17.5. The Morgan fingerprint density at radius 1 is 1.17 bits per heavy atom. The molecule has 1 aliphatic rings. The zero-order chi connectivity index (χ0) is 20.9. The number of benzene rings is 2. The molecule has 0 unspecified atom stereocenters. The highest BCUT2D eigenvalue weighted by molar-refractivity contribution is 5.80. The van der Waals surface area contributed by atoms with Gasteiger partial charge >= 0.3 is 0 Å². The fourth-order valence-corrected chi connectivity index (χ4v) is 3.75. The van der Waals surface area contributed by atoms with Gasteiger partial charge < -0.3 is 19.7 Å². The Kier molecular flexibility index (Phi) is 5.83. The van der Waals surface area contributed by atoms with Crippen molar-refractivity contribution in [2.45, 2.75) is 19.5 Å². The van der Waals surface area contributed by atoms with Crippen molar-refractivity contribution in [2.75, 3.05) is 27.8 Å². The number of hydrogen-bond acceptors (Lipinski definition) is 5. The summed E-state index contributed by atoms with van der Waals surface area (Å²) >= 11 is 0. The average molecular weight is 406 g/mol. The van der Waals surface area contributed by atoms with Crippen LogP contribution in [0.15, 0.2) is 47.7 Å². The summed E-state index contributed by atoms with van der Waals surface area (Å²) in [5.74, 6) is 3.17. The van der Waals surface area contributed by atoms with Crippen molar-refractivity contribution in [3.05, 3.63) is 59.4 Å². The van der Waals surface area contributed by atoms with Gasteiger partial charge in [0.05, 0.1) is 14.2 Å². The molecular formula is C22H26N6O2. The molecule has 0 atom stereocenters. The number of hydrogen-bond donors (Lipinski definition) is 2. The highest BCUT2D eigenvalue weighted by Crippen LogP contribution is 2.33. The largest absolute Gasteiger partial charge is 0.493 e. The second-order valence-electron chi connectivity index (χ2n) is 7.08. The molecule has 0 aliphatic carbocycles. The van der Waals surface area contributed by atoms with Crippen LogP contribution < -0.4 is 14.8 Å². The van der Waals surface area contributed by atoms with Crippen LogP contribution in [0, 0.1) is 0 Å². The maximum absolute atomic E-state index is 5.47. The number of H-pyrrole nitrogens is 1. The van der Waals surface area contributed by atoms with Crippen LogP contribution >= 0.6 is 0 Å². The van der Waals surface area contributed by atoms with Gasteiger partial charge in [0.25, 0.3) is 0 Å². The molecule has 156 valence electrons. The van der Waals surface area contributed by atoms with Crippen LogP contribution in [-0.4, -0.2) is 53.9 Å². The molecule has 8 nitrogen and oxygen atoms in total. The highest BCUT2D eigenvalue weighted by Gasteiger charge is 2.21. The first-order chi connectivity index (χ1) is 14.7. The summed E-state index contributed by atoms with van der Waals surface area (Å²) in [6.07, 6.45) is 2.44. The monoisotopic (exact) mass is 406 g/mol. The molecule has 0 fully saturated rings. The lowest BCUT2D eigenvalue weighted by molar-refractivity contribution is 0.346. The van der Waals surface area contributed by atoms with E-state index in [1.54, 1.807) is 14.2 Å². The van der Waals surface area contributed by atoms with Gasteiger partial charge in [-0.05, 0) is 41.3 Å². The minimum Gasteiger partial charge on any atom is -0.493 e. The number of methoxy groups -OCH3 is 2. The maximum Gasteiger partial charge on any atom is 0.194 e. The van der Waals surface area contributed by atoms with E-state index in [1.807, 2.05) is 19.2 Å². The van der Waals surface area contributed by atoms with E-state index in [0.717, 1.165) is 53.9 Å². The minimum atomic E-state index is 0.671. The lowest BCUT2D eigenvalue weighted by Gasteiger charge is -2.32. The molecule has 0 radical (unpaired) electrons. The van der Waals surface area contributed by atoms with Crippen molar-refractivity contribution < 1.29 is 9.47 Å². The minimum absolute atomic E-state index is 0.671. The lowest BCUT2D eigenvalue weighted by Crippen LogP contribution is -2.43. The highest BCUT2D eigenvalue weighted by atomic mass is 16.5. The predicted octanol–water partition coefficient (Wildman–Crippen LogP) is 2.62. The SMILES string of the molecule is CN=C(NCc1cccc(-c2ncn[nH]2)c1)N1CCc2cc(OC)c(OC)cc2C1. The third kappa shape index (κ3) is 4.07. The topological polar surface area (TPSA) is 87.7 Å². The Morgan fingerprint density at radius 2 is 1.97 bits per heavy atom. The number of aromatic amines is 1. The summed E-state index contributed by atoms with van der Waals surface area (Å²) < 4.78 is 10.9. The van der Waals surface area contributed by atoms with Crippen molar-refractivity contribution in [3.8, 4) is 22.9 Å². The quantitative estimate of drug-likeness (QED) is 0.500. The third-order valence-corrected chi connectivity index (χ3v) is 5.30. The maximum atomic E-state index is 5.47. The number of guanidine groups is 1. The summed E-state index contributed by atoms with van der Waals surface area (Å²) in [5.41, 5.74) is 4.68. The molecule has 0 saturated heterocycles. The van der Waals surface area contributed by atoms with Gasteiger partial charge in [-0.1, -0.05) is 18.2 Å². The molecule has 0 spiro atoms. The number of rotatable bonds is 5. The van der Waals surface area contributed by atoms with Crippen molar-refractivity contribution >= 4 is 5.96 Å². The Balaban J connectivity index is 1.45. The van der Waals surface area contributed by atoms with Gasteiger partial charge in [-0.15, -0.1) is 0 Å². The van der Waals surface area contributed by atoms with Gasteiger partial charge in [0.2, 0.25) is 0 Å². The van der Waals surface area contributed by atoms with E-state index in [9.17, 15) is 0 Å². The van der Waals surface area contributed by atoms with E-state index in [4.69, 9.17) is 9.47 Å². The number of aliphatic imine (C=N–C) groups is 1. The number of fused-ring (bicyclic) bond motifs is 1. The second-order valence-corrected chi connectivity index (χ2v) is 7.08. The van der Waals surface area contributed by atoms with Crippen LogP contribution in [0.5, 0.6) is 11.5 Å². The Hall–Kier alpha value is -3.55. The molecule has 2 heterocycles. The zero-order valence-corrected chi connectivity index (χ0v) is 17.5. The molecule has 4 rings (SSSR count). The molecule has 0 amide bonds. The smallest absolute Gasteiger partial charge is 0.194 e. The van der Waals surface area contributed by atoms with Crippen molar-refractivity contribution in [1.29, 1.82) is 0 Å². The lowest BCUT2D eigenvalue weighted by atomic mass is 9.99. The Labute approximate surface area is 176 Å². The number of nitrogens with one attached hydrogen (secondary N) is 2. The van der Waals surface area contributed by atoms with Crippen LogP contribution in [0.25, 0.3) is 11.4 Å². The fourth-order valence-electron chi connectivity index (χ4n) is 3.75. The van der Waals surface area contributed by atoms with Crippen LogP contribution in [0.2, 0.25) is 0 Å². The molecule has 30 heavy (non-hydrogen) atoms. The van der Waals surface area contributed by atoms with Gasteiger partial charge in [0.1, 0.15) is 6.33 Å². The van der Waals surface area contributed by atoms with Crippen LogP contribution in [0.1, 0.15) is 16.7 Å². The molecule has 2 N–H and O–H groups in total. The van der Waals surface area contributed by atoms with Gasteiger partial charge in [-0.25, -0.2) is 4.98 Å². The van der Waals surface area contributed by atoms with Crippen LogP contribution in [0.4, 0.5) is 0 Å². The van der Waals surface area contributed by atoms with Gasteiger partial charge in [-0.3, -0.25) is 10.1 Å². The molecule has 3 aromatic rings. The number of aromatic nitrogens is 3. The van der Waals surface area contributed by atoms with E-state index in [0.29, 0.717) is 6.54 Å². The van der Waals surface area contributed by atoms with Gasteiger partial charge in [-0.2, -0.15) is 5.10 Å². The molecule has 1 aromatic heterocycles. The number of ether oxygens (including phenoxy) is 2. The summed E-state index contributed by atoms with van der Waals surface area (Å²) in [5, 5.41) is 10.3. The molecule has 0 saturated carbocycles. The van der Waals surface area contributed by atoms with E-state index in [2.05, 4.69) is 54.7 Å². The van der Waals surface area contributed by atoms with Gasteiger partial charge in [0, 0.05) is 32.2 Å². The Bertz CT molecular complexity index is 1030. The third-order valence-electron chi connectivity index (χ3n) is 5.30. The van der Waals surface area contributed by atoms with E-state index >= 15 is 0 Å².